The van der Waals surface area contributed by atoms with Crippen LogP contribution in [0.2, 0.25) is 0 Å². The molecular weight excluding hydrogens is 288 g/mol. The summed E-state index contributed by atoms with van der Waals surface area (Å²) in [5.74, 6) is -0.0282. The van der Waals surface area contributed by atoms with Gasteiger partial charge >= 0.3 is 0 Å². The second kappa shape index (κ2) is 8.11. The lowest BCUT2D eigenvalue weighted by atomic mass is 10.2. The Morgan fingerprint density at radius 2 is 2.00 bits per heavy atom. The molecule has 5 nitrogen and oxygen atoms in total. The maximum atomic E-state index is 12.6. The molecule has 0 aromatic carbocycles. The zero-order chi connectivity index (χ0) is 16.8. The first-order chi connectivity index (χ1) is 11.1. The Labute approximate surface area is 138 Å². The summed E-state index contributed by atoms with van der Waals surface area (Å²) in [6, 6.07) is 3.99. The number of nitrogens with zero attached hydrogens (tertiary/aromatic N) is 3. The number of fused-ring (bicyclic) bond motifs is 1. The molecule has 0 aliphatic heterocycles. The molecule has 0 spiro atoms. The van der Waals surface area contributed by atoms with Gasteiger partial charge in [0.1, 0.15) is 11.3 Å². The third kappa shape index (κ3) is 4.10. The maximum absolute atomic E-state index is 12.6. The highest BCUT2D eigenvalue weighted by Gasteiger charge is 2.17. The number of pyridine rings is 1. The summed E-state index contributed by atoms with van der Waals surface area (Å²) in [6.45, 7) is 12.2. The number of amides is 1. The number of imidazole rings is 1. The predicted octanol–water partition coefficient (Wildman–Crippen LogP) is 2.67. The zero-order valence-corrected chi connectivity index (χ0v) is 14.7. The number of carbonyl (C=O) groups is 1. The third-order valence-corrected chi connectivity index (χ3v) is 4.22. The first kappa shape index (κ1) is 17.5. The van der Waals surface area contributed by atoms with Gasteiger partial charge in [0.2, 0.25) is 0 Å². The van der Waals surface area contributed by atoms with Crippen LogP contribution in [0.5, 0.6) is 0 Å². The fourth-order valence-electron chi connectivity index (χ4n) is 2.81. The van der Waals surface area contributed by atoms with Gasteiger partial charge in [0.15, 0.2) is 0 Å². The molecule has 0 fully saturated rings. The van der Waals surface area contributed by atoms with Gasteiger partial charge in [0, 0.05) is 12.7 Å². The summed E-state index contributed by atoms with van der Waals surface area (Å²) in [4.78, 5) is 19.5. The van der Waals surface area contributed by atoms with Crippen molar-refractivity contribution in [3.63, 3.8) is 0 Å². The fraction of sp³-hybridized carbons (Fsp3) is 0.556. The normalized spacial score (nSPS) is 11.3. The van der Waals surface area contributed by atoms with Gasteiger partial charge in [0.25, 0.3) is 5.91 Å². The molecule has 23 heavy (non-hydrogen) atoms. The van der Waals surface area contributed by atoms with E-state index in [0.717, 1.165) is 49.4 Å². The molecule has 2 rings (SSSR count). The summed E-state index contributed by atoms with van der Waals surface area (Å²) in [5, 5.41) is 3.05. The van der Waals surface area contributed by atoms with Gasteiger partial charge in [-0.15, -0.1) is 0 Å². The van der Waals surface area contributed by atoms with Gasteiger partial charge in [0.05, 0.1) is 5.69 Å². The van der Waals surface area contributed by atoms with E-state index in [4.69, 9.17) is 0 Å². The number of rotatable bonds is 8. The molecule has 126 valence electrons. The molecule has 2 aromatic heterocycles. The van der Waals surface area contributed by atoms with E-state index in [1.54, 1.807) is 0 Å². The first-order valence-corrected chi connectivity index (χ1v) is 8.58. The molecule has 0 radical (unpaired) electrons. The van der Waals surface area contributed by atoms with Crippen LogP contribution in [-0.4, -0.2) is 46.4 Å². The van der Waals surface area contributed by atoms with Gasteiger partial charge in [-0.1, -0.05) is 26.8 Å². The van der Waals surface area contributed by atoms with Crippen molar-refractivity contribution in [2.45, 2.75) is 40.5 Å². The van der Waals surface area contributed by atoms with Crippen molar-refractivity contribution in [2.75, 3.05) is 26.2 Å². The fourth-order valence-corrected chi connectivity index (χ4v) is 2.81. The lowest BCUT2D eigenvalue weighted by Crippen LogP contribution is -2.30. The minimum Gasteiger partial charge on any atom is -0.351 e. The van der Waals surface area contributed by atoms with E-state index >= 15 is 0 Å². The largest absolute Gasteiger partial charge is 0.351 e. The van der Waals surface area contributed by atoms with Crippen LogP contribution in [0.4, 0.5) is 0 Å². The summed E-state index contributed by atoms with van der Waals surface area (Å²) in [7, 11) is 0. The molecule has 0 saturated heterocycles. The molecule has 0 saturated carbocycles. The minimum atomic E-state index is -0.0282. The Morgan fingerprint density at radius 3 is 2.65 bits per heavy atom. The smallest absolute Gasteiger partial charge is 0.270 e. The molecule has 0 unspecified atom stereocenters. The highest BCUT2D eigenvalue weighted by atomic mass is 16.1. The SMILES string of the molecule is CCc1nc2ccc(C)cn2c1C(=O)NCCCN(CC)CC. The number of carbonyl (C=O) groups excluding carboxylic acids is 1. The van der Waals surface area contributed by atoms with Crippen molar-refractivity contribution in [1.29, 1.82) is 0 Å². The molecule has 1 N–H and O–H groups in total. The average molecular weight is 316 g/mol. The molecule has 1 amide bonds. The molecule has 2 heterocycles. The monoisotopic (exact) mass is 316 g/mol. The Kier molecular flexibility index (Phi) is 6.16. The van der Waals surface area contributed by atoms with Gasteiger partial charge < -0.3 is 10.2 Å². The zero-order valence-electron chi connectivity index (χ0n) is 14.7. The molecular formula is C18H28N4O. The van der Waals surface area contributed by atoms with Crippen LogP contribution in [0.15, 0.2) is 18.3 Å². The quantitative estimate of drug-likeness (QED) is 0.762. The molecule has 0 atom stereocenters. The summed E-state index contributed by atoms with van der Waals surface area (Å²) in [6.07, 6.45) is 3.69. The van der Waals surface area contributed by atoms with Crippen LogP contribution in [0, 0.1) is 6.92 Å². The van der Waals surface area contributed by atoms with Gasteiger partial charge in [-0.3, -0.25) is 9.20 Å². The standard InChI is InChI=1S/C18H28N4O/c1-5-15-17(22-13-14(4)9-10-16(22)20-15)18(23)19-11-8-12-21(6-2)7-3/h9-10,13H,5-8,11-12H2,1-4H3,(H,19,23). The van der Waals surface area contributed by atoms with Gasteiger partial charge in [-0.25, -0.2) is 4.98 Å². The van der Waals surface area contributed by atoms with Crippen LogP contribution < -0.4 is 5.32 Å². The minimum absolute atomic E-state index is 0.0282. The second-order valence-corrected chi connectivity index (χ2v) is 5.83. The Bertz CT molecular complexity index is 658. The molecule has 0 aliphatic rings. The predicted molar refractivity (Wildman–Crippen MR) is 94.0 cm³/mol. The van der Waals surface area contributed by atoms with Crippen LogP contribution in [0.25, 0.3) is 5.65 Å². The molecule has 0 aliphatic carbocycles. The van der Waals surface area contributed by atoms with Gasteiger partial charge in [-0.2, -0.15) is 0 Å². The van der Waals surface area contributed by atoms with Crippen molar-refractivity contribution in [3.05, 3.63) is 35.3 Å². The Balaban J connectivity index is 2.07. The second-order valence-electron chi connectivity index (χ2n) is 5.83. The summed E-state index contributed by atoms with van der Waals surface area (Å²) in [5.41, 5.74) is 3.49. The van der Waals surface area contributed by atoms with Crippen LogP contribution in [0.1, 0.15) is 48.9 Å². The van der Waals surface area contributed by atoms with E-state index in [0.29, 0.717) is 12.2 Å². The van der Waals surface area contributed by atoms with Crippen molar-refractivity contribution < 1.29 is 4.79 Å². The van der Waals surface area contributed by atoms with Crippen molar-refractivity contribution in [1.82, 2.24) is 19.6 Å². The van der Waals surface area contributed by atoms with Crippen molar-refractivity contribution in [2.24, 2.45) is 0 Å². The topological polar surface area (TPSA) is 49.6 Å². The maximum Gasteiger partial charge on any atom is 0.270 e. The van der Waals surface area contributed by atoms with Crippen LogP contribution >= 0.6 is 0 Å². The number of nitrogens with one attached hydrogen (secondary N) is 1. The van der Waals surface area contributed by atoms with E-state index in [1.165, 1.54) is 0 Å². The van der Waals surface area contributed by atoms with Crippen molar-refractivity contribution >= 4 is 11.6 Å². The molecule has 5 heteroatoms. The third-order valence-electron chi connectivity index (χ3n) is 4.22. The molecule has 2 aromatic rings. The van der Waals surface area contributed by atoms with E-state index in [2.05, 4.69) is 29.0 Å². The van der Waals surface area contributed by atoms with Crippen LogP contribution in [0.3, 0.4) is 0 Å². The highest BCUT2D eigenvalue weighted by molar-refractivity contribution is 5.94. The summed E-state index contributed by atoms with van der Waals surface area (Å²) < 4.78 is 1.91. The number of hydrogen-bond acceptors (Lipinski definition) is 3. The summed E-state index contributed by atoms with van der Waals surface area (Å²) >= 11 is 0. The van der Waals surface area contributed by atoms with E-state index in [9.17, 15) is 4.79 Å². The number of aromatic nitrogens is 2. The number of aryl methyl sites for hydroxylation is 2. The Hall–Kier alpha value is -1.88. The van der Waals surface area contributed by atoms with Gasteiger partial charge in [-0.05, 0) is 51.0 Å². The van der Waals surface area contributed by atoms with Crippen molar-refractivity contribution in [3.8, 4) is 0 Å². The van der Waals surface area contributed by atoms with E-state index < -0.39 is 0 Å². The van der Waals surface area contributed by atoms with E-state index in [1.807, 2.05) is 36.6 Å². The lowest BCUT2D eigenvalue weighted by Gasteiger charge is -2.17. The lowest BCUT2D eigenvalue weighted by molar-refractivity contribution is 0.0945. The van der Waals surface area contributed by atoms with Crippen LogP contribution in [-0.2, 0) is 6.42 Å². The van der Waals surface area contributed by atoms with E-state index in [-0.39, 0.29) is 5.91 Å². The highest BCUT2D eigenvalue weighted by Crippen LogP contribution is 2.14. The first-order valence-electron chi connectivity index (χ1n) is 8.58. The Morgan fingerprint density at radius 1 is 1.26 bits per heavy atom. The average Bonchev–Trinajstić information content (AvgIpc) is 2.92. The molecule has 0 bridgehead atoms. The number of hydrogen-bond donors (Lipinski definition) is 1.